The molecule has 0 aliphatic rings. The second-order valence-electron chi connectivity index (χ2n) is 4.25. The second kappa shape index (κ2) is 5.77. The molecule has 0 bridgehead atoms. The van der Waals surface area contributed by atoms with Crippen molar-refractivity contribution in [2.75, 3.05) is 0 Å². The van der Waals surface area contributed by atoms with Crippen LogP contribution in [-0.2, 0) is 12.7 Å². The van der Waals surface area contributed by atoms with E-state index in [0.717, 1.165) is 17.7 Å². The predicted molar refractivity (Wildman–Crippen MR) is 69.1 cm³/mol. The van der Waals surface area contributed by atoms with Gasteiger partial charge in [-0.25, -0.2) is 0 Å². The minimum Gasteiger partial charge on any atom is -0.348 e. The first-order chi connectivity index (χ1) is 9.47. The van der Waals surface area contributed by atoms with Gasteiger partial charge in [0.25, 0.3) is 5.91 Å². The van der Waals surface area contributed by atoms with Crippen molar-refractivity contribution in [3.05, 3.63) is 71.3 Å². The van der Waals surface area contributed by atoms with Crippen molar-refractivity contribution in [1.82, 2.24) is 5.32 Å². The van der Waals surface area contributed by atoms with Gasteiger partial charge in [0.05, 0.1) is 5.56 Å². The van der Waals surface area contributed by atoms with E-state index in [0.29, 0.717) is 0 Å². The highest BCUT2D eigenvalue weighted by Gasteiger charge is 2.30. The van der Waals surface area contributed by atoms with Crippen LogP contribution in [-0.4, -0.2) is 5.91 Å². The maximum absolute atomic E-state index is 12.6. The van der Waals surface area contributed by atoms with Crippen LogP contribution in [0.5, 0.6) is 0 Å². The molecule has 0 atom stereocenters. The smallest absolute Gasteiger partial charge is 0.348 e. The normalized spacial score (nSPS) is 11.2. The summed E-state index contributed by atoms with van der Waals surface area (Å²) >= 11 is 0. The van der Waals surface area contributed by atoms with Crippen LogP contribution in [0.4, 0.5) is 13.2 Å². The van der Waals surface area contributed by atoms with Gasteiger partial charge in [-0.1, -0.05) is 36.4 Å². The Hall–Kier alpha value is -2.30. The Kier molecular flexibility index (Phi) is 4.08. The van der Waals surface area contributed by atoms with Gasteiger partial charge in [0.2, 0.25) is 0 Å². The third-order valence-electron chi connectivity index (χ3n) is 2.75. The molecule has 0 spiro atoms. The Labute approximate surface area is 114 Å². The Morgan fingerprint density at radius 1 is 1.00 bits per heavy atom. The molecule has 0 radical (unpaired) electrons. The fourth-order valence-electron chi connectivity index (χ4n) is 1.72. The summed E-state index contributed by atoms with van der Waals surface area (Å²) in [6.45, 7) is 0.274. The van der Waals surface area contributed by atoms with Gasteiger partial charge in [-0.3, -0.25) is 4.79 Å². The molecule has 104 valence electrons. The number of rotatable bonds is 3. The first-order valence-electron chi connectivity index (χ1n) is 5.96. The van der Waals surface area contributed by atoms with Gasteiger partial charge < -0.3 is 5.32 Å². The molecule has 0 saturated heterocycles. The summed E-state index contributed by atoms with van der Waals surface area (Å²) in [7, 11) is 0. The predicted octanol–water partition coefficient (Wildman–Crippen LogP) is 3.64. The molecular formula is C15H12F3NO. The number of nitrogens with one attached hydrogen (secondary N) is 1. The Bertz CT molecular complexity index is 594. The standard InChI is InChI=1S/C15H12F3NO/c16-15(17,18)13-8-4-7-12(9-13)14(20)19-10-11-5-2-1-3-6-11/h1-9H,10H2,(H,19,20). The molecule has 0 saturated carbocycles. The quantitative estimate of drug-likeness (QED) is 0.913. The summed E-state index contributed by atoms with van der Waals surface area (Å²) in [4.78, 5) is 11.8. The largest absolute Gasteiger partial charge is 0.416 e. The van der Waals surface area contributed by atoms with E-state index in [-0.39, 0.29) is 12.1 Å². The fourth-order valence-corrected chi connectivity index (χ4v) is 1.72. The van der Waals surface area contributed by atoms with E-state index in [4.69, 9.17) is 0 Å². The highest BCUT2D eigenvalue weighted by atomic mass is 19.4. The van der Waals surface area contributed by atoms with E-state index in [1.807, 2.05) is 30.3 Å². The zero-order chi connectivity index (χ0) is 14.6. The van der Waals surface area contributed by atoms with Crippen molar-refractivity contribution in [3.8, 4) is 0 Å². The summed E-state index contributed by atoms with van der Waals surface area (Å²) in [5.74, 6) is -0.528. The number of benzene rings is 2. The molecule has 5 heteroatoms. The van der Waals surface area contributed by atoms with E-state index < -0.39 is 17.6 Å². The van der Waals surface area contributed by atoms with E-state index in [1.165, 1.54) is 12.1 Å². The lowest BCUT2D eigenvalue weighted by molar-refractivity contribution is -0.137. The minimum absolute atomic E-state index is 0.00393. The van der Waals surface area contributed by atoms with E-state index in [2.05, 4.69) is 5.32 Å². The van der Waals surface area contributed by atoms with Crippen molar-refractivity contribution in [2.24, 2.45) is 0 Å². The number of alkyl halides is 3. The Morgan fingerprint density at radius 2 is 1.70 bits per heavy atom. The molecule has 0 aliphatic carbocycles. The monoisotopic (exact) mass is 279 g/mol. The van der Waals surface area contributed by atoms with Crippen LogP contribution in [0.2, 0.25) is 0 Å². The summed E-state index contributed by atoms with van der Waals surface area (Å²) < 4.78 is 37.7. The molecule has 0 unspecified atom stereocenters. The van der Waals surface area contributed by atoms with E-state index in [9.17, 15) is 18.0 Å². The lowest BCUT2D eigenvalue weighted by atomic mass is 10.1. The van der Waals surface area contributed by atoms with Crippen LogP contribution in [0.15, 0.2) is 54.6 Å². The molecular weight excluding hydrogens is 267 g/mol. The van der Waals surface area contributed by atoms with Crippen LogP contribution in [0.25, 0.3) is 0 Å². The van der Waals surface area contributed by atoms with Crippen LogP contribution < -0.4 is 5.32 Å². The number of amides is 1. The van der Waals surface area contributed by atoms with Crippen LogP contribution in [0, 0.1) is 0 Å². The van der Waals surface area contributed by atoms with Crippen LogP contribution in [0.1, 0.15) is 21.5 Å². The van der Waals surface area contributed by atoms with Crippen LogP contribution >= 0.6 is 0 Å². The lowest BCUT2D eigenvalue weighted by Crippen LogP contribution is -2.23. The van der Waals surface area contributed by atoms with Crippen molar-refractivity contribution in [3.63, 3.8) is 0 Å². The third kappa shape index (κ3) is 3.60. The summed E-state index contributed by atoms with van der Waals surface area (Å²) in [5.41, 5.74) is 0.0495. The van der Waals surface area contributed by atoms with Gasteiger partial charge in [-0.15, -0.1) is 0 Å². The topological polar surface area (TPSA) is 29.1 Å². The summed E-state index contributed by atoms with van der Waals surface area (Å²) in [6.07, 6.45) is -4.45. The van der Waals surface area contributed by atoms with Gasteiger partial charge in [-0.2, -0.15) is 13.2 Å². The summed E-state index contributed by atoms with van der Waals surface area (Å²) in [6, 6.07) is 13.5. The number of halogens is 3. The maximum atomic E-state index is 12.6. The highest BCUT2D eigenvalue weighted by molar-refractivity contribution is 5.94. The number of carbonyl (C=O) groups is 1. The number of hydrogen-bond donors (Lipinski definition) is 1. The highest BCUT2D eigenvalue weighted by Crippen LogP contribution is 2.29. The average molecular weight is 279 g/mol. The summed E-state index contributed by atoms with van der Waals surface area (Å²) in [5, 5.41) is 2.59. The number of carbonyl (C=O) groups excluding carboxylic acids is 1. The zero-order valence-electron chi connectivity index (χ0n) is 10.4. The van der Waals surface area contributed by atoms with Crippen LogP contribution in [0.3, 0.4) is 0 Å². The SMILES string of the molecule is O=C(NCc1ccccc1)c1cccc(C(F)(F)F)c1. The Morgan fingerprint density at radius 3 is 2.35 bits per heavy atom. The molecule has 2 nitrogen and oxygen atoms in total. The minimum atomic E-state index is -4.45. The molecule has 0 heterocycles. The molecule has 20 heavy (non-hydrogen) atoms. The van der Waals surface area contributed by atoms with Gasteiger partial charge in [0.1, 0.15) is 0 Å². The van der Waals surface area contributed by atoms with Crippen molar-refractivity contribution in [1.29, 1.82) is 0 Å². The fraction of sp³-hybridized carbons (Fsp3) is 0.133. The second-order valence-corrected chi connectivity index (χ2v) is 4.25. The molecule has 2 aromatic rings. The van der Waals surface area contributed by atoms with Gasteiger partial charge in [0.15, 0.2) is 0 Å². The number of hydrogen-bond acceptors (Lipinski definition) is 1. The first kappa shape index (κ1) is 14.1. The third-order valence-corrected chi connectivity index (χ3v) is 2.75. The van der Waals surface area contributed by atoms with E-state index in [1.54, 1.807) is 0 Å². The molecule has 2 aromatic carbocycles. The average Bonchev–Trinajstić information content (AvgIpc) is 2.45. The van der Waals surface area contributed by atoms with Crippen molar-refractivity contribution < 1.29 is 18.0 Å². The first-order valence-corrected chi connectivity index (χ1v) is 5.96. The lowest BCUT2D eigenvalue weighted by Gasteiger charge is -2.09. The van der Waals surface area contributed by atoms with Gasteiger partial charge in [-0.05, 0) is 23.8 Å². The molecule has 1 N–H and O–H groups in total. The van der Waals surface area contributed by atoms with Gasteiger partial charge >= 0.3 is 6.18 Å². The van der Waals surface area contributed by atoms with Crippen molar-refractivity contribution in [2.45, 2.75) is 12.7 Å². The van der Waals surface area contributed by atoms with E-state index >= 15 is 0 Å². The Balaban J connectivity index is 2.06. The molecule has 1 amide bonds. The molecule has 0 aromatic heterocycles. The molecule has 2 rings (SSSR count). The van der Waals surface area contributed by atoms with Gasteiger partial charge in [0, 0.05) is 12.1 Å². The molecule has 0 aliphatic heterocycles. The molecule has 0 fully saturated rings. The maximum Gasteiger partial charge on any atom is 0.416 e. The van der Waals surface area contributed by atoms with Crippen molar-refractivity contribution >= 4 is 5.91 Å². The zero-order valence-corrected chi connectivity index (χ0v) is 10.4.